The molecule has 114 valence electrons. The van der Waals surface area contributed by atoms with Gasteiger partial charge in [-0.15, -0.1) is 0 Å². The third kappa shape index (κ3) is 10.9. The van der Waals surface area contributed by atoms with Crippen LogP contribution in [0.2, 0.25) is 0 Å². The van der Waals surface area contributed by atoms with Gasteiger partial charge in [0.2, 0.25) is 5.91 Å². The van der Waals surface area contributed by atoms with Gasteiger partial charge in [-0.1, -0.05) is 0 Å². The van der Waals surface area contributed by atoms with E-state index in [-0.39, 0.29) is 11.4 Å². The average Bonchev–Trinajstić information content (AvgIpc) is 2.29. The van der Waals surface area contributed by atoms with Gasteiger partial charge in [-0.05, 0) is 47.8 Å². The maximum absolute atomic E-state index is 12.2. The van der Waals surface area contributed by atoms with Crippen molar-refractivity contribution in [3.8, 4) is 0 Å². The Morgan fingerprint density at radius 2 is 1.79 bits per heavy atom. The molecule has 0 bridgehead atoms. The van der Waals surface area contributed by atoms with Gasteiger partial charge in [0.05, 0.1) is 13.2 Å². The predicted molar refractivity (Wildman–Crippen MR) is 79.4 cm³/mol. The average molecular weight is 273 g/mol. The van der Waals surface area contributed by atoms with Crippen LogP contribution in [0, 0.1) is 0 Å². The Bertz CT molecular complexity index is 250. The van der Waals surface area contributed by atoms with Crippen molar-refractivity contribution in [2.45, 2.75) is 32.7 Å². The van der Waals surface area contributed by atoms with Gasteiger partial charge >= 0.3 is 0 Å². The third-order valence-corrected chi connectivity index (χ3v) is 2.72. The van der Waals surface area contributed by atoms with Crippen LogP contribution in [0.1, 0.15) is 27.2 Å². The van der Waals surface area contributed by atoms with E-state index in [9.17, 15) is 4.79 Å². The number of carbonyl (C=O) groups excluding carboxylic acids is 1. The molecule has 0 saturated carbocycles. The number of nitrogens with one attached hydrogen (secondary N) is 1. The fraction of sp³-hybridized carbons (Fsp3) is 0.929. The minimum atomic E-state index is -0.0355. The first-order valence-corrected chi connectivity index (χ1v) is 6.92. The van der Waals surface area contributed by atoms with Gasteiger partial charge in [0.15, 0.2) is 0 Å². The number of methoxy groups -OCH3 is 1. The molecule has 5 heteroatoms. The van der Waals surface area contributed by atoms with Gasteiger partial charge in [-0.3, -0.25) is 4.79 Å². The zero-order valence-corrected chi connectivity index (χ0v) is 13.5. The Morgan fingerprint density at radius 3 is 2.26 bits per heavy atom. The maximum Gasteiger partial charge on any atom is 0.236 e. The van der Waals surface area contributed by atoms with Crippen LogP contribution in [0.5, 0.6) is 0 Å². The first-order chi connectivity index (χ1) is 8.76. The van der Waals surface area contributed by atoms with Crippen LogP contribution in [0.25, 0.3) is 0 Å². The highest BCUT2D eigenvalue weighted by Crippen LogP contribution is 2.00. The summed E-state index contributed by atoms with van der Waals surface area (Å²) in [6, 6.07) is 0. The zero-order chi connectivity index (χ0) is 14.9. The molecule has 0 spiro atoms. The summed E-state index contributed by atoms with van der Waals surface area (Å²) in [5.74, 6) is 0.144. The summed E-state index contributed by atoms with van der Waals surface area (Å²) in [6.45, 7) is 9.59. The van der Waals surface area contributed by atoms with Crippen molar-refractivity contribution in [3.05, 3.63) is 0 Å². The van der Waals surface area contributed by atoms with Gasteiger partial charge in [0.1, 0.15) is 0 Å². The lowest BCUT2D eigenvalue weighted by Gasteiger charge is -2.26. The SMILES string of the molecule is COCCN(CCCN(C)C)C(=O)CNC(C)(C)C. The molecule has 1 N–H and O–H groups in total. The normalized spacial score (nSPS) is 11.9. The van der Waals surface area contributed by atoms with Crippen LogP contribution >= 0.6 is 0 Å². The summed E-state index contributed by atoms with van der Waals surface area (Å²) in [6.07, 6.45) is 0.984. The molecule has 0 saturated heterocycles. The minimum Gasteiger partial charge on any atom is -0.383 e. The van der Waals surface area contributed by atoms with Crippen LogP contribution in [0.15, 0.2) is 0 Å². The van der Waals surface area contributed by atoms with Crippen LogP contribution < -0.4 is 5.32 Å². The third-order valence-electron chi connectivity index (χ3n) is 2.72. The summed E-state index contributed by atoms with van der Waals surface area (Å²) >= 11 is 0. The molecule has 0 fully saturated rings. The number of hydrogen-bond donors (Lipinski definition) is 1. The standard InChI is InChI=1S/C14H31N3O2/c1-14(2,3)15-12-13(18)17(10-11-19-6)9-7-8-16(4)5/h15H,7-12H2,1-6H3. The monoisotopic (exact) mass is 273 g/mol. The van der Waals surface area contributed by atoms with Crippen LogP contribution in [-0.4, -0.2) is 75.2 Å². The number of nitrogens with zero attached hydrogens (tertiary/aromatic N) is 2. The van der Waals surface area contributed by atoms with E-state index in [1.165, 1.54) is 0 Å². The lowest BCUT2D eigenvalue weighted by atomic mass is 10.1. The minimum absolute atomic E-state index is 0.0355. The van der Waals surface area contributed by atoms with E-state index < -0.39 is 0 Å². The van der Waals surface area contributed by atoms with Gasteiger partial charge in [-0.25, -0.2) is 0 Å². The van der Waals surface area contributed by atoms with E-state index in [2.05, 4.69) is 31.0 Å². The van der Waals surface area contributed by atoms with Crippen molar-refractivity contribution in [2.75, 3.05) is 54.0 Å². The maximum atomic E-state index is 12.2. The fourth-order valence-electron chi connectivity index (χ4n) is 1.59. The first-order valence-electron chi connectivity index (χ1n) is 6.92. The predicted octanol–water partition coefficient (Wildman–Crippen LogP) is 0.801. The number of ether oxygens (including phenoxy) is 1. The number of rotatable bonds is 9. The number of hydrogen-bond acceptors (Lipinski definition) is 4. The Labute approximate surface area is 118 Å². The number of amides is 1. The van der Waals surface area contributed by atoms with Crippen LogP contribution in [0.3, 0.4) is 0 Å². The van der Waals surface area contributed by atoms with E-state index in [4.69, 9.17) is 4.74 Å². The summed E-state index contributed by atoms with van der Waals surface area (Å²) in [5, 5.41) is 3.24. The second-order valence-corrected chi connectivity index (χ2v) is 6.13. The van der Waals surface area contributed by atoms with Crippen molar-refractivity contribution < 1.29 is 9.53 Å². The van der Waals surface area contributed by atoms with Crippen molar-refractivity contribution in [1.82, 2.24) is 15.1 Å². The molecule has 0 aliphatic carbocycles. The van der Waals surface area contributed by atoms with Crippen LogP contribution in [-0.2, 0) is 9.53 Å². The molecule has 0 aliphatic heterocycles. The lowest BCUT2D eigenvalue weighted by Crippen LogP contribution is -2.46. The van der Waals surface area contributed by atoms with Crippen LogP contribution in [0.4, 0.5) is 0 Å². The van der Waals surface area contributed by atoms with Crippen molar-refractivity contribution in [2.24, 2.45) is 0 Å². The molecule has 0 aliphatic rings. The summed E-state index contributed by atoms with van der Waals surface area (Å²) < 4.78 is 5.07. The topological polar surface area (TPSA) is 44.8 Å². The molecule has 0 heterocycles. The lowest BCUT2D eigenvalue weighted by molar-refractivity contribution is -0.131. The van der Waals surface area contributed by atoms with Gasteiger partial charge in [0, 0.05) is 25.7 Å². The Morgan fingerprint density at radius 1 is 1.16 bits per heavy atom. The summed E-state index contributed by atoms with van der Waals surface area (Å²) in [7, 11) is 5.75. The van der Waals surface area contributed by atoms with Gasteiger partial charge in [0.25, 0.3) is 0 Å². The molecule has 1 amide bonds. The zero-order valence-electron chi connectivity index (χ0n) is 13.5. The van der Waals surface area contributed by atoms with Gasteiger partial charge < -0.3 is 19.9 Å². The highest BCUT2D eigenvalue weighted by atomic mass is 16.5. The Balaban J connectivity index is 4.18. The molecular weight excluding hydrogens is 242 g/mol. The molecule has 19 heavy (non-hydrogen) atoms. The van der Waals surface area contributed by atoms with E-state index >= 15 is 0 Å². The molecule has 0 rings (SSSR count). The Hall–Kier alpha value is -0.650. The van der Waals surface area contributed by atoms with Crippen molar-refractivity contribution >= 4 is 5.91 Å². The first kappa shape index (κ1) is 18.4. The highest BCUT2D eigenvalue weighted by Gasteiger charge is 2.16. The molecule has 0 atom stereocenters. The Kier molecular flexibility index (Phi) is 8.97. The molecule has 5 nitrogen and oxygen atoms in total. The molecule has 0 radical (unpaired) electrons. The molecular formula is C14H31N3O2. The largest absolute Gasteiger partial charge is 0.383 e. The second kappa shape index (κ2) is 9.28. The number of carbonyl (C=O) groups is 1. The molecule has 0 aromatic heterocycles. The molecule has 0 unspecified atom stereocenters. The van der Waals surface area contributed by atoms with E-state index in [0.717, 1.165) is 19.5 Å². The van der Waals surface area contributed by atoms with Crippen molar-refractivity contribution in [1.29, 1.82) is 0 Å². The van der Waals surface area contributed by atoms with E-state index in [0.29, 0.717) is 19.7 Å². The quantitative estimate of drug-likeness (QED) is 0.675. The fourth-order valence-corrected chi connectivity index (χ4v) is 1.59. The highest BCUT2D eigenvalue weighted by molar-refractivity contribution is 5.78. The smallest absolute Gasteiger partial charge is 0.236 e. The second-order valence-electron chi connectivity index (χ2n) is 6.13. The summed E-state index contributed by atoms with van der Waals surface area (Å²) in [4.78, 5) is 16.2. The van der Waals surface area contributed by atoms with Crippen molar-refractivity contribution in [3.63, 3.8) is 0 Å². The van der Waals surface area contributed by atoms with Gasteiger partial charge in [-0.2, -0.15) is 0 Å². The van der Waals surface area contributed by atoms with E-state index in [1.54, 1.807) is 7.11 Å². The molecule has 0 aromatic carbocycles. The van der Waals surface area contributed by atoms with E-state index in [1.807, 2.05) is 19.0 Å². The summed E-state index contributed by atoms with van der Waals surface area (Å²) in [5.41, 5.74) is -0.0355. The molecule has 0 aromatic rings.